The second kappa shape index (κ2) is 7.25. The monoisotopic (exact) mass is 348 g/mol. The summed E-state index contributed by atoms with van der Waals surface area (Å²) in [7, 11) is 4.21. The number of hydrogen-bond donors (Lipinski definition) is 1. The van der Waals surface area contributed by atoms with Crippen LogP contribution in [0, 0.1) is 0 Å². The molecule has 0 saturated heterocycles. The van der Waals surface area contributed by atoms with Gasteiger partial charge in [-0.2, -0.15) is 0 Å². The molecule has 0 radical (unpaired) electrons. The second-order valence-corrected chi connectivity index (χ2v) is 5.37. The Morgan fingerprint density at radius 3 is 2.28 bits per heavy atom. The highest BCUT2D eigenvalue weighted by Gasteiger charge is 2.40. The molecule has 0 aliphatic carbocycles. The Morgan fingerprint density at radius 1 is 1.12 bits per heavy atom. The van der Waals surface area contributed by atoms with Crippen LogP contribution in [0.2, 0.25) is 0 Å². The zero-order valence-corrected chi connectivity index (χ0v) is 14.7. The van der Waals surface area contributed by atoms with Crippen molar-refractivity contribution in [2.24, 2.45) is 0 Å². The van der Waals surface area contributed by atoms with E-state index in [1.807, 2.05) is 0 Å². The molecule has 8 nitrogen and oxygen atoms in total. The number of rotatable bonds is 4. The van der Waals surface area contributed by atoms with Crippen molar-refractivity contribution in [1.82, 2.24) is 10.2 Å². The number of allylic oxidation sites excluding steroid dienone is 1. The molecular formula is C17H20N2O6. The molecule has 1 heterocycles. The number of benzene rings is 1. The average molecular weight is 348 g/mol. The van der Waals surface area contributed by atoms with Crippen LogP contribution in [-0.4, -0.2) is 44.1 Å². The molecule has 0 aromatic heterocycles. The molecule has 0 fully saturated rings. The van der Waals surface area contributed by atoms with Gasteiger partial charge >= 0.3 is 12.0 Å². The Hall–Kier alpha value is -3.03. The fourth-order valence-corrected chi connectivity index (χ4v) is 2.78. The van der Waals surface area contributed by atoms with Gasteiger partial charge in [0.2, 0.25) is 5.91 Å². The van der Waals surface area contributed by atoms with E-state index in [0.717, 1.165) is 4.90 Å². The van der Waals surface area contributed by atoms with Crippen molar-refractivity contribution < 1.29 is 28.6 Å². The van der Waals surface area contributed by atoms with Crippen molar-refractivity contribution in [3.05, 3.63) is 35.0 Å². The second-order valence-electron chi connectivity index (χ2n) is 5.37. The Labute approximate surface area is 145 Å². The standard InChI is InChI=1S/C17H20N2O6/c1-9-14(16(21)25-5)15(19(10(2)20)17(22)18-9)11-6-7-12(23-3)13(8-11)24-4/h6-8,15H,1-5H3,(H,18,22)/t15-/m1/s1. The summed E-state index contributed by atoms with van der Waals surface area (Å²) >= 11 is 0. The van der Waals surface area contributed by atoms with Crippen molar-refractivity contribution in [2.75, 3.05) is 21.3 Å². The predicted molar refractivity (Wildman–Crippen MR) is 88.1 cm³/mol. The van der Waals surface area contributed by atoms with Crippen LogP contribution in [0.3, 0.4) is 0 Å². The van der Waals surface area contributed by atoms with E-state index in [1.165, 1.54) is 28.3 Å². The zero-order valence-electron chi connectivity index (χ0n) is 14.7. The number of hydrogen-bond acceptors (Lipinski definition) is 6. The van der Waals surface area contributed by atoms with Crippen molar-refractivity contribution in [1.29, 1.82) is 0 Å². The molecule has 1 aliphatic rings. The van der Waals surface area contributed by atoms with Gasteiger partial charge < -0.3 is 19.5 Å². The molecule has 1 atom stereocenters. The Balaban J connectivity index is 2.69. The van der Waals surface area contributed by atoms with Crippen molar-refractivity contribution in [3.8, 4) is 11.5 Å². The van der Waals surface area contributed by atoms with Gasteiger partial charge in [0, 0.05) is 12.6 Å². The Bertz CT molecular complexity index is 756. The predicted octanol–water partition coefficient (Wildman–Crippen LogP) is 1.76. The van der Waals surface area contributed by atoms with Gasteiger partial charge in [-0.25, -0.2) is 9.59 Å². The molecule has 0 bridgehead atoms. The van der Waals surface area contributed by atoms with Crippen LogP contribution in [0.15, 0.2) is 29.5 Å². The van der Waals surface area contributed by atoms with E-state index in [0.29, 0.717) is 22.8 Å². The van der Waals surface area contributed by atoms with Crippen molar-refractivity contribution >= 4 is 17.9 Å². The fraction of sp³-hybridized carbons (Fsp3) is 0.353. The summed E-state index contributed by atoms with van der Waals surface area (Å²) in [6.45, 7) is 2.83. The van der Waals surface area contributed by atoms with Crippen LogP contribution in [0.25, 0.3) is 0 Å². The van der Waals surface area contributed by atoms with E-state index in [-0.39, 0.29) is 5.57 Å². The molecule has 2 rings (SSSR count). The highest BCUT2D eigenvalue weighted by molar-refractivity contribution is 6.01. The van der Waals surface area contributed by atoms with Crippen LogP contribution < -0.4 is 14.8 Å². The van der Waals surface area contributed by atoms with Crippen molar-refractivity contribution in [3.63, 3.8) is 0 Å². The van der Waals surface area contributed by atoms with Gasteiger partial charge in [-0.05, 0) is 24.6 Å². The van der Waals surface area contributed by atoms with Gasteiger partial charge in [0.05, 0.1) is 26.9 Å². The molecule has 0 saturated carbocycles. The third-order valence-electron chi connectivity index (χ3n) is 3.92. The van der Waals surface area contributed by atoms with Gasteiger partial charge in [-0.15, -0.1) is 0 Å². The zero-order chi connectivity index (χ0) is 18.7. The van der Waals surface area contributed by atoms with Crippen molar-refractivity contribution in [2.45, 2.75) is 19.9 Å². The topological polar surface area (TPSA) is 94.2 Å². The third-order valence-corrected chi connectivity index (χ3v) is 3.92. The number of esters is 1. The summed E-state index contributed by atoms with van der Waals surface area (Å²) in [6.07, 6.45) is 0. The number of imide groups is 1. The van der Waals surface area contributed by atoms with E-state index in [2.05, 4.69) is 5.32 Å². The molecule has 134 valence electrons. The van der Waals surface area contributed by atoms with Gasteiger partial charge in [-0.1, -0.05) is 6.07 Å². The number of methoxy groups -OCH3 is 3. The van der Waals surface area contributed by atoms with E-state index in [1.54, 1.807) is 25.1 Å². The quantitative estimate of drug-likeness (QED) is 0.834. The largest absolute Gasteiger partial charge is 0.493 e. The highest BCUT2D eigenvalue weighted by atomic mass is 16.5. The summed E-state index contributed by atoms with van der Waals surface area (Å²) in [6, 6.07) is 3.38. The van der Waals surface area contributed by atoms with Gasteiger partial charge in [0.1, 0.15) is 6.04 Å². The maximum Gasteiger partial charge on any atom is 0.337 e. The number of nitrogens with one attached hydrogen (secondary N) is 1. The number of amides is 3. The van der Waals surface area contributed by atoms with Crippen LogP contribution in [-0.2, 0) is 14.3 Å². The normalized spacial score (nSPS) is 17.1. The summed E-state index contributed by atoms with van der Waals surface area (Å²) in [5.74, 6) is -0.243. The van der Waals surface area contributed by atoms with Gasteiger partial charge in [0.25, 0.3) is 0 Å². The Kier molecular flexibility index (Phi) is 5.31. The minimum Gasteiger partial charge on any atom is -0.493 e. The molecule has 1 aliphatic heterocycles. The number of ether oxygens (including phenoxy) is 3. The summed E-state index contributed by atoms with van der Waals surface area (Å²) in [5.41, 5.74) is 1.01. The minimum absolute atomic E-state index is 0.171. The highest BCUT2D eigenvalue weighted by Crippen LogP contribution is 2.38. The number of carbonyl (C=O) groups excluding carboxylic acids is 3. The summed E-state index contributed by atoms with van der Waals surface area (Å²) in [4.78, 5) is 37.6. The lowest BCUT2D eigenvalue weighted by Gasteiger charge is -2.35. The number of carbonyl (C=O) groups is 3. The Morgan fingerprint density at radius 2 is 1.76 bits per heavy atom. The maximum absolute atomic E-state index is 12.3. The van der Waals surface area contributed by atoms with Crippen LogP contribution in [0.4, 0.5) is 4.79 Å². The van der Waals surface area contributed by atoms with Gasteiger partial charge in [-0.3, -0.25) is 9.69 Å². The van der Waals surface area contributed by atoms with E-state index < -0.39 is 23.9 Å². The smallest absolute Gasteiger partial charge is 0.337 e. The van der Waals surface area contributed by atoms with Crippen LogP contribution >= 0.6 is 0 Å². The molecule has 0 unspecified atom stereocenters. The fourth-order valence-electron chi connectivity index (χ4n) is 2.78. The first kappa shape index (κ1) is 18.3. The molecule has 1 aromatic carbocycles. The van der Waals surface area contributed by atoms with Gasteiger partial charge in [0.15, 0.2) is 11.5 Å². The lowest BCUT2D eigenvalue weighted by molar-refractivity contribution is -0.137. The average Bonchev–Trinajstić information content (AvgIpc) is 2.59. The summed E-state index contributed by atoms with van der Waals surface area (Å²) < 4.78 is 15.3. The molecular weight excluding hydrogens is 328 g/mol. The first-order valence-electron chi connectivity index (χ1n) is 7.47. The third kappa shape index (κ3) is 3.28. The van der Waals surface area contributed by atoms with Crippen LogP contribution in [0.5, 0.6) is 11.5 Å². The molecule has 1 aromatic rings. The minimum atomic E-state index is -0.932. The van der Waals surface area contributed by atoms with E-state index >= 15 is 0 Å². The lowest BCUT2D eigenvalue weighted by atomic mass is 9.93. The van der Waals surface area contributed by atoms with E-state index in [9.17, 15) is 14.4 Å². The SMILES string of the molecule is COC(=O)C1=C(C)NC(=O)N(C(C)=O)[C@@H]1c1ccc(OC)c(OC)c1. The number of nitrogens with zero attached hydrogens (tertiary/aromatic N) is 1. The van der Waals surface area contributed by atoms with Crippen LogP contribution in [0.1, 0.15) is 25.5 Å². The molecule has 1 N–H and O–H groups in total. The molecule has 3 amide bonds. The number of urea groups is 1. The first-order valence-corrected chi connectivity index (χ1v) is 7.47. The maximum atomic E-state index is 12.3. The molecule has 0 spiro atoms. The molecule has 25 heavy (non-hydrogen) atoms. The molecule has 8 heteroatoms. The lowest BCUT2D eigenvalue weighted by Crippen LogP contribution is -2.50. The first-order chi connectivity index (χ1) is 11.8. The van der Waals surface area contributed by atoms with E-state index in [4.69, 9.17) is 14.2 Å². The summed E-state index contributed by atoms with van der Waals surface area (Å²) in [5, 5.41) is 2.52.